The average Bonchev–Trinajstić information content (AvgIpc) is 3.20. The molecule has 1 N–H and O–H groups in total. The molecule has 0 bridgehead atoms. The number of thioether (sulfide) groups is 1. The molecule has 1 aliphatic heterocycles. The van der Waals surface area contributed by atoms with E-state index in [0.717, 1.165) is 48.5 Å². The number of aromatic amines is 1. The van der Waals surface area contributed by atoms with E-state index < -0.39 is 11.2 Å². The number of aryl methyl sites for hydroxylation is 3. The number of anilines is 1. The zero-order valence-electron chi connectivity index (χ0n) is 18.6. The lowest BCUT2D eigenvalue weighted by atomic mass is 10.0. The molecule has 0 fully saturated rings. The molecule has 0 spiro atoms. The first-order valence-corrected chi connectivity index (χ1v) is 11.9. The number of nitrogens with zero attached hydrogens (tertiary/aromatic N) is 6. The summed E-state index contributed by atoms with van der Waals surface area (Å²) in [6.45, 7) is 4.07. The van der Waals surface area contributed by atoms with Gasteiger partial charge in [-0.25, -0.2) is 14.8 Å². The second kappa shape index (κ2) is 8.86. The lowest BCUT2D eigenvalue weighted by Crippen LogP contribution is -2.33. The maximum atomic E-state index is 12.8. The maximum Gasteiger partial charge on any atom is 0.329 e. The highest BCUT2D eigenvalue weighted by molar-refractivity contribution is 7.99. The Morgan fingerprint density at radius 2 is 1.94 bits per heavy atom. The average molecular weight is 464 g/mol. The van der Waals surface area contributed by atoms with Gasteiger partial charge >= 0.3 is 5.69 Å². The van der Waals surface area contributed by atoms with Crippen LogP contribution in [0.1, 0.15) is 23.2 Å². The van der Waals surface area contributed by atoms with Crippen molar-refractivity contribution in [2.45, 2.75) is 38.0 Å². The quantitative estimate of drug-likeness (QED) is 0.266. The summed E-state index contributed by atoms with van der Waals surface area (Å²) in [5.74, 6) is 1.53. The van der Waals surface area contributed by atoms with E-state index in [4.69, 9.17) is 4.98 Å². The van der Waals surface area contributed by atoms with Crippen molar-refractivity contribution in [3.63, 3.8) is 0 Å². The summed E-state index contributed by atoms with van der Waals surface area (Å²) in [6.07, 6.45) is 3.47. The molecule has 5 rings (SSSR count). The highest BCUT2D eigenvalue weighted by atomic mass is 32.2. The van der Waals surface area contributed by atoms with E-state index in [2.05, 4.69) is 38.1 Å². The van der Waals surface area contributed by atoms with Crippen LogP contribution in [0.5, 0.6) is 0 Å². The number of hydrogen-bond donors (Lipinski definition) is 1. The molecule has 4 aromatic rings. The summed E-state index contributed by atoms with van der Waals surface area (Å²) in [5.41, 5.74) is 3.52. The van der Waals surface area contributed by atoms with Crippen molar-refractivity contribution in [2.24, 2.45) is 7.05 Å². The summed E-state index contributed by atoms with van der Waals surface area (Å²) in [5, 5.41) is 0.749. The first-order valence-electron chi connectivity index (χ1n) is 10.9. The molecule has 10 heteroatoms. The molecular weight excluding hydrogens is 438 g/mol. The summed E-state index contributed by atoms with van der Waals surface area (Å²) in [6, 6.07) is 10.3. The van der Waals surface area contributed by atoms with Crippen LogP contribution in [0.25, 0.3) is 11.2 Å². The third kappa shape index (κ3) is 4.18. The van der Waals surface area contributed by atoms with Crippen LogP contribution in [0.4, 0.5) is 5.95 Å². The van der Waals surface area contributed by atoms with Crippen LogP contribution in [0.2, 0.25) is 0 Å². The van der Waals surface area contributed by atoms with Crippen LogP contribution in [-0.2, 0) is 26.6 Å². The summed E-state index contributed by atoms with van der Waals surface area (Å²) < 4.78 is 3.36. The minimum absolute atomic E-state index is 0.404. The van der Waals surface area contributed by atoms with E-state index in [1.807, 2.05) is 23.6 Å². The Hall–Kier alpha value is -3.40. The fraction of sp³-hybridized carbons (Fsp3) is 0.348. The predicted octanol–water partition coefficient (Wildman–Crippen LogP) is 2.27. The van der Waals surface area contributed by atoms with E-state index in [1.54, 1.807) is 25.0 Å². The lowest BCUT2D eigenvalue weighted by Gasteiger charge is -2.30. The molecule has 0 unspecified atom stereocenters. The SMILES string of the molecule is Cc1ccnc(SCCCn2c(N3CCc4ccccc4C3)nc3c2c(=O)[nH]c(=O)n3C)n1. The van der Waals surface area contributed by atoms with Crippen molar-refractivity contribution < 1.29 is 0 Å². The van der Waals surface area contributed by atoms with E-state index >= 15 is 0 Å². The fourth-order valence-corrected chi connectivity index (χ4v) is 5.02. The number of aromatic nitrogens is 6. The summed E-state index contributed by atoms with van der Waals surface area (Å²) >= 11 is 1.59. The van der Waals surface area contributed by atoms with E-state index in [0.29, 0.717) is 17.7 Å². The van der Waals surface area contributed by atoms with Crippen LogP contribution >= 0.6 is 11.8 Å². The molecule has 9 nitrogen and oxygen atoms in total. The topological polar surface area (TPSA) is 102 Å². The van der Waals surface area contributed by atoms with Crippen molar-refractivity contribution in [2.75, 3.05) is 17.2 Å². The molecule has 0 amide bonds. The molecule has 0 atom stereocenters. The zero-order valence-corrected chi connectivity index (χ0v) is 19.4. The second-order valence-corrected chi connectivity index (χ2v) is 9.24. The van der Waals surface area contributed by atoms with Gasteiger partial charge in [0, 0.05) is 44.3 Å². The molecule has 1 aliphatic rings. The normalized spacial score (nSPS) is 13.5. The van der Waals surface area contributed by atoms with Gasteiger partial charge in [-0.15, -0.1) is 0 Å². The number of benzene rings is 1. The number of H-pyrrole nitrogens is 1. The van der Waals surface area contributed by atoms with Gasteiger partial charge in [0.1, 0.15) is 0 Å². The first kappa shape index (κ1) is 21.4. The van der Waals surface area contributed by atoms with Gasteiger partial charge < -0.3 is 9.47 Å². The van der Waals surface area contributed by atoms with E-state index in [1.165, 1.54) is 15.7 Å². The van der Waals surface area contributed by atoms with Crippen LogP contribution in [-0.4, -0.2) is 41.4 Å². The Morgan fingerprint density at radius 1 is 1.12 bits per heavy atom. The van der Waals surface area contributed by atoms with Crippen molar-refractivity contribution >= 4 is 28.9 Å². The third-order valence-electron chi connectivity index (χ3n) is 5.93. The van der Waals surface area contributed by atoms with Gasteiger partial charge in [0.25, 0.3) is 5.56 Å². The van der Waals surface area contributed by atoms with E-state index in [-0.39, 0.29) is 0 Å². The molecule has 4 heterocycles. The van der Waals surface area contributed by atoms with Gasteiger partial charge in [0.15, 0.2) is 16.3 Å². The number of hydrogen-bond acceptors (Lipinski definition) is 7. The number of nitrogens with one attached hydrogen (secondary N) is 1. The largest absolute Gasteiger partial charge is 0.338 e. The second-order valence-electron chi connectivity index (χ2n) is 8.18. The van der Waals surface area contributed by atoms with Gasteiger partial charge in [-0.2, -0.15) is 4.98 Å². The van der Waals surface area contributed by atoms with Crippen LogP contribution in [0.15, 0.2) is 51.3 Å². The van der Waals surface area contributed by atoms with Crippen LogP contribution < -0.4 is 16.1 Å². The van der Waals surface area contributed by atoms with Gasteiger partial charge in [-0.1, -0.05) is 36.0 Å². The molecule has 0 saturated heterocycles. The number of rotatable bonds is 6. The molecule has 33 heavy (non-hydrogen) atoms. The number of fused-ring (bicyclic) bond motifs is 2. The molecular formula is C23H25N7O2S. The zero-order chi connectivity index (χ0) is 22.9. The Balaban J connectivity index is 1.46. The molecule has 0 saturated carbocycles. The standard InChI is InChI=1S/C23H25N7O2S/c1-15-8-10-24-21(25-15)33-13-5-11-30-18-19(28(2)23(32)27-20(18)31)26-22(30)29-12-9-16-6-3-4-7-17(16)14-29/h3-4,6-8,10H,5,9,11-14H2,1-2H3,(H,27,31,32). The molecule has 170 valence electrons. The van der Waals surface area contributed by atoms with Crippen LogP contribution in [0, 0.1) is 6.92 Å². The summed E-state index contributed by atoms with van der Waals surface area (Å²) in [7, 11) is 1.64. The van der Waals surface area contributed by atoms with Crippen molar-refractivity contribution in [3.8, 4) is 0 Å². The van der Waals surface area contributed by atoms with Gasteiger partial charge in [0.05, 0.1) is 0 Å². The van der Waals surface area contributed by atoms with Crippen molar-refractivity contribution in [3.05, 3.63) is 74.2 Å². The number of imidazole rings is 1. The highest BCUT2D eigenvalue weighted by Crippen LogP contribution is 2.27. The monoisotopic (exact) mass is 463 g/mol. The predicted molar refractivity (Wildman–Crippen MR) is 129 cm³/mol. The van der Waals surface area contributed by atoms with Crippen molar-refractivity contribution in [1.29, 1.82) is 0 Å². The Kier molecular flexibility index (Phi) is 5.76. The van der Waals surface area contributed by atoms with Crippen LogP contribution in [0.3, 0.4) is 0 Å². The minimum Gasteiger partial charge on any atom is -0.338 e. The summed E-state index contributed by atoms with van der Waals surface area (Å²) in [4.78, 5) is 43.1. The van der Waals surface area contributed by atoms with Gasteiger partial charge in [-0.3, -0.25) is 14.3 Å². The third-order valence-corrected chi connectivity index (χ3v) is 6.88. The van der Waals surface area contributed by atoms with E-state index in [9.17, 15) is 9.59 Å². The van der Waals surface area contributed by atoms with Gasteiger partial charge in [0.2, 0.25) is 5.95 Å². The molecule has 1 aromatic carbocycles. The Morgan fingerprint density at radius 3 is 2.76 bits per heavy atom. The minimum atomic E-state index is -0.458. The highest BCUT2D eigenvalue weighted by Gasteiger charge is 2.24. The van der Waals surface area contributed by atoms with Crippen molar-refractivity contribution in [1.82, 2.24) is 29.1 Å². The fourth-order valence-electron chi connectivity index (χ4n) is 4.22. The molecule has 0 radical (unpaired) electrons. The van der Waals surface area contributed by atoms with Gasteiger partial charge in [-0.05, 0) is 37.0 Å². The Bertz CT molecular complexity index is 1440. The molecule has 0 aliphatic carbocycles. The first-order chi connectivity index (χ1) is 16.0. The maximum absolute atomic E-state index is 12.8. The smallest absolute Gasteiger partial charge is 0.329 e. The lowest BCUT2D eigenvalue weighted by molar-refractivity contribution is 0.642. The molecule has 3 aromatic heterocycles. The Labute approximate surface area is 194 Å².